The molecule has 0 aliphatic carbocycles. The van der Waals surface area contributed by atoms with Crippen molar-refractivity contribution in [1.82, 2.24) is 4.98 Å². The van der Waals surface area contributed by atoms with Gasteiger partial charge in [-0.05, 0) is 19.1 Å². The van der Waals surface area contributed by atoms with Crippen LogP contribution in [0.1, 0.15) is 32.6 Å². The van der Waals surface area contributed by atoms with Gasteiger partial charge in [-0.15, -0.1) is 0 Å². The largest absolute Gasteiger partial charge is 0.476 e. The van der Waals surface area contributed by atoms with Crippen molar-refractivity contribution >= 4 is 33.9 Å². The van der Waals surface area contributed by atoms with E-state index in [4.69, 9.17) is 5.11 Å². The van der Waals surface area contributed by atoms with Crippen LogP contribution >= 0.6 is 11.3 Å². The second-order valence-corrected chi connectivity index (χ2v) is 5.09. The predicted octanol–water partition coefficient (Wildman–Crippen LogP) is 3.24. The van der Waals surface area contributed by atoms with Gasteiger partial charge in [0.15, 0.2) is 16.6 Å². The topological polar surface area (TPSA) is 79.3 Å². The SMILES string of the molecule is CC(=O)c1sc(Nc2cccc(F)c2C)nc1C(=O)O. The Labute approximate surface area is 118 Å². The molecule has 0 atom stereocenters. The minimum Gasteiger partial charge on any atom is -0.476 e. The number of nitrogens with zero attached hydrogens (tertiary/aromatic N) is 1. The highest BCUT2D eigenvalue weighted by Crippen LogP contribution is 2.28. The summed E-state index contributed by atoms with van der Waals surface area (Å²) in [5.41, 5.74) is 0.578. The van der Waals surface area contributed by atoms with Crippen LogP contribution in [0.25, 0.3) is 0 Å². The minimum absolute atomic E-state index is 0.0639. The minimum atomic E-state index is -1.27. The summed E-state index contributed by atoms with van der Waals surface area (Å²) in [6, 6.07) is 4.50. The number of rotatable bonds is 4. The Morgan fingerprint density at radius 1 is 1.40 bits per heavy atom. The van der Waals surface area contributed by atoms with Crippen molar-refractivity contribution in [3.8, 4) is 0 Å². The van der Waals surface area contributed by atoms with Crippen LogP contribution in [0.4, 0.5) is 15.2 Å². The van der Waals surface area contributed by atoms with Crippen molar-refractivity contribution in [3.05, 3.63) is 40.2 Å². The highest BCUT2D eigenvalue weighted by molar-refractivity contribution is 7.17. The van der Waals surface area contributed by atoms with E-state index in [0.29, 0.717) is 11.3 Å². The third-order valence-electron chi connectivity index (χ3n) is 2.66. The van der Waals surface area contributed by atoms with Gasteiger partial charge in [-0.3, -0.25) is 4.79 Å². The molecule has 0 saturated heterocycles. The number of ketones is 1. The smallest absolute Gasteiger partial charge is 0.356 e. The van der Waals surface area contributed by atoms with E-state index < -0.39 is 5.97 Å². The van der Waals surface area contributed by atoms with Crippen LogP contribution in [0, 0.1) is 12.7 Å². The van der Waals surface area contributed by atoms with Crippen LogP contribution in [0.15, 0.2) is 18.2 Å². The van der Waals surface area contributed by atoms with E-state index >= 15 is 0 Å². The molecule has 5 nitrogen and oxygen atoms in total. The zero-order chi connectivity index (χ0) is 14.9. The summed E-state index contributed by atoms with van der Waals surface area (Å²) < 4.78 is 13.4. The average molecular weight is 294 g/mol. The highest BCUT2D eigenvalue weighted by Gasteiger charge is 2.20. The summed E-state index contributed by atoms with van der Waals surface area (Å²) in [6.07, 6.45) is 0. The van der Waals surface area contributed by atoms with Crippen molar-refractivity contribution in [1.29, 1.82) is 0 Å². The molecule has 0 saturated carbocycles. The lowest BCUT2D eigenvalue weighted by molar-refractivity contribution is 0.0687. The van der Waals surface area contributed by atoms with Gasteiger partial charge in [0.05, 0.1) is 0 Å². The third-order valence-corrected chi connectivity index (χ3v) is 3.73. The number of hydrogen-bond acceptors (Lipinski definition) is 5. The zero-order valence-corrected chi connectivity index (χ0v) is 11.5. The molecule has 2 rings (SSSR count). The number of halogens is 1. The predicted molar refractivity (Wildman–Crippen MR) is 73.5 cm³/mol. The molecule has 0 aliphatic rings. The Balaban J connectivity index is 2.40. The lowest BCUT2D eigenvalue weighted by atomic mass is 10.2. The molecule has 0 aliphatic heterocycles. The van der Waals surface area contributed by atoms with Gasteiger partial charge in [0.2, 0.25) is 0 Å². The van der Waals surface area contributed by atoms with Crippen molar-refractivity contribution in [3.63, 3.8) is 0 Å². The third kappa shape index (κ3) is 2.67. The fraction of sp³-hybridized carbons (Fsp3) is 0.154. The summed E-state index contributed by atoms with van der Waals surface area (Å²) in [5, 5.41) is 12.1. The van der Waals surface area contributed by atoms with Gasteiger partial charge in [0.25, 0.3) is 0 Å². The first-order chi connectivity index (χ1) is 9.40. The van der Waals surface area contributed by atoms with Crippen LogP contribution in [-0.4, -0.2) is 21.8 Å². The number of nitrogens with one attached hydrogen (secondary N) is 1. The molecule has 20 heavy (non-hydrogen) atoms. The average Bonchev–Trinajstić information content (AvgIpc) is 2.79. The number of benzene rings is 1. The molecule has 0 spiro atoms. The lowest BCUT2D eigenvalue weighted by Crippen LogP contribution is -2.03. The molecular formula is C13H11FN2O3S. The fourth-order valence-corrected chi connectivity index (χ4v) is 2.48. The summed E-state index contributed by atoms with van der Waals surface area (Å²) in [7, 11) is 0. The van der Waals surface area contributed by atoms with E-state index in [0.717, 1.165) is 11.3 Å². The molecule has 1 aromatic heterocycles. The molecule has 1 heterocycles. The van der Waals surface area contributed by atoms with Crippen LogP contribution in [-0.2, 0) is 0 Å². The molecule has 0 unspecified atom stereocenters. The molecule has 2 N–H and O–H groups in total. The number of thiazole rings is 1. The van der Waals surface area contributed by atoms with Gasteiger partial charge in [0.1, 0.15) is 10.7 Å². The summed E-state index contributed by atoms with van der Waals surface area (Å²) >= 11 is 0.930. The van der Waals surface area contributed by atoms with Gasteiger partial charge in [0, 0.05) is 18.2 Å². The molecule has 7 heteroatoms. The first-order valence-electron chi connectivity index (χ1n) is 5.67. The molecule has 0 radical (unpaired) electrons. The second-order valence-electron chi connectivity index (χ2n) is 4.10. The summed E-state index contributed by atoms with van der Waals surface area (Å²) in [5.74, 6) is -2.02. The quantitative estimate of drug-likeness (QED) is 0.846. The molecular weight excluding hydrogens is 283 g/mol. The van der Waals surface area contributed by atoms with Crippen LogP contribution in [0.5, 0.6) is 0 Å². The van der Waals surface area contributed by atoms with Gasteiger partial charge in [-0.1, -0.05) is 17.4 Å². The maximum atomic E-state index is 13.4. The number of carboxylic acid groups (broad SMARTS) is 1. The summed E-state index contributed by atoms with van der Waals surface area (Å²) in [4.78, 5) is 26.3. The maximum absolute atomic E-state index is 13.4. The van der Waals surface area contributed by atoms with Gasteiger partial charge >= 0.3 is 5.97 Å². The fourth-order valence-electron chi connectivity index (χ4n) is 1.62. The number of aromatic nitrogens is 1. The van der Waals surface area contributed by atoms with Crippen LogP contribution < -0.4 is 5.32 Å². The highest BCUT2D eigenvalue weighted by atomic mass is 32.1. The second kappa shape index (κ2) is 5.38. The molecule has 0 bridgehead atoms. The number of carboxylic acids is 1. The Bertz CT molecular complexity index is 665. The van der Waals surface area contributed by atoms with Crippen LogP contribution in [0.3, 0.4) is 0 Å². The molecule has 0 amide bonds. The molecule has 104 valence electrons. The number of anilines is 2. The first kappa shape index (κ1) is 14.1. The van der Waals surface area contributed by atoms with E-state index in [1.54, 1.807) is 13.0 Å². The van der Waals surface area contributed by atoms with E-state index in [2.05, 4.69) is 10.3 Å². The van der Waals surface area contributed by atoms with E-state index in [1.807, 2.05) is 0 Å². The van der Waals surface area contributed by atoms with E-state index in [-0.39, 0.29) is 27.3 Å². The molecule has 2 aromatic rings. The number of hydrogen-bond donors (Lipinski definition) is 2. The van der Waals surface area contributed by atoms with E-state index in [9.17, 15) is 14.0 Å². The van der Waals surface area contributed by atoms with Crippen molar-refractivity contribution < 1.29 is 19.1 Å². The normalized spacial score (nSPS) is 10.3. The van der Waals surface area contributed by atoms with Gasteiger partial charge in [-0.25, -0.2) is 14.2 Å². The lowest BCUT2D eigenvalue weighted by Gasteiger charge is -2.06. The number of carbonyl (C=O) groups excluding carboxylic acids is 1. The molecule has 0 fully saturated rings. The monoisotopic (exact) mass is 294 g/mol. The first-order valence-corrected chi connectivity index (χ1v) is 6.49. The van der Waals surface area contributed by atoms with Gasteiger partial charge < -0.3 is 10.4 Å². The Morgan fingerprint density at radius 3 is 2.65 bits per heavy atom. The van der Waals surface area contributed by atoms with E-state index in [1.165, 1.54) is 19.1 Å². The number of Topliss-reactive ketones (excluding diaryl/α,β-unsaturated/α-hetero) is 1. The van der Waals surface area contributed by atoms with Crippen molar-refractivity contribution in [2.24, 2.45) is 0 Å². The van der Waals surface area contributed by atoms with Crippen molar-refractivity contribution in [2.75, 3.05) is 5.32 Å². The standard InChI is InChI=1S/C13H11FN2O3S/c1-6-8(14)4-3-5-9(6)15-13-16-10(12(18)19)11(20-13)7(2)17/h3-5H,1-2H3,(H,15,16)(H,18,19). The zero-order valence-electron chi connectivity index (χ0n) is 10.7. The number of carbonyl (C=O) groups is 2. The Hall–Kier alpha value is -2.28. The Morgan fingerprint density at radius 2 is 2.10 bits per heavy atom. The summed E-state index contributed by atoms with van der Waals surface area (Å²) in [6.45, 7) is 2.87. The van der Waals surface area contributed by atoms with Crippen LogP contribution in [0.2, 0.25) is 0 Å². The maximum Gasteiger partial charge on any atom is 0.356 e. The number of aromatic carboxylic acids is 1. The Kier molecular flexibility index (Phi) is 3.80. The van der Waals surface area contributed by atoms with Gasteiger partial charge in [-0.2, -0.15) is 0 Å². The molecule has 1 aromatic carbocycles. The van der Waals surface area contributed by atoms with Crippen molar-refractivity contribution in [2.45, 2.75) is 13.8 Å².